The number of sulfone groups is 1. The molecule has 2 rings (SSSR count). The van der Waals surface area contributed by atoms with Crippen LogP contribution in [0.3, 0.4) is 0 Å². The molecule has 0 fully saturated rings. The first kappa shape index (κ1) is 20.0. The molecule has 9 heteroatoms. The van der Waals surface area contributed by atoms with E-state index < -0.39 is 14.8 Å². The molecule has 0 amide bonds. The van der Waals surface area contributed by atoms with Crippen LogP contribution in [0, 0.1) is 10.1 Å². The Balaban J connectivity index is 1.89. The van der Waals surface area contributed by atoms with Crippen molar-refractivity contribution < 1.29 is 18.1 Å². The molecule has 0 atom stereocenters. The van der Waals surface area contributed by atoms with Crippen molar-refractivity contribution in [3.05, 3.63) is 57.6 Å². The number of nitro benzene ring substituents is 1. The molecule has 0 saturated heterocycles. The van der Waals surface area contributed by atoms with Gasteiger partial charge in [0.15, 0.2) is 9.84 Å². The Morgan fingerprint density at radius 3 is 2.42 bits per heavy atom. The fourth-order valence-electron chi connectivity index (χ4n) is 2.36. The van der Waals surface area contributed by atoms with E-state index in [4.69, 9.17) is 16.3 Å². The summed E-state index contributed by atoms with van der Waals surface area (Å²) in [6.07, 6.45) is 1.78. The highest BCUT2D eigenvalue weighted by molar-refractivity contribution is 7.90. The fraction of sp³-hybridized carbons (Fsp3) is 0.294. The maximum Gasteiger partial charge on any atom is 0.294 e. The highest BCUT2D eigenvalue weighted by Crippen LogP contribution is 2.30. The van der Waals surface area contributed by atoms with Crippen molar-refractivity contribution in [2.24, 2.45) is 0 Å². The van der Waals surface area contributed by atoms with Gasteiger partial charge >= 0.3 is 0 Å². The van der Waals surface area contributed by atoms with Crippen LogP contribution >= 0.6 is 11.6 Å². The summed E-state index contributed by atoms with van der Waals surface area (Å²) in [5.41, 5.74) is 0.439. The second-order valence-corrected chi connectivity index (χ2v) is 8.21. The van der Waals surface area contributed by atoms with Gasteiger partial charge in [0.05, 0.1) is 16.4 Å². The standard InChI is InChI=1S/C17H19ClN2O5S/c1-19(16-9-4-13(18)12-17(16)20(21)22)10-3-11-25-14-5-7-15(8-6-14)26(2,23)24/h4-9,12H,3,10-11H2,1-2H3. The maximum absolute atomic E-state index is 11.4. The molecule has 0 aromatic heterocycles. The summed E-state index contributed by atoms with van der Waals surface area (Å²) in [5.74, 6) is 0.567. The van der Waals surface area contributed by atoms with E-state index in [1.165, 1.54) is 18.2 Å². The molecule has 0 spiro atoms. The molecule has 0 heterocycles. The first-order chi connectivity index (χ1) is 12.2. The van der Waals surface area contributed by atoms with Crippen molar-refractivity contribution >= 4 is 32.8 Å². The van der Waals surface area contributed by atoms with Gasteiger partial charge in [-0.3, -0.25) is 10.1 Å². The summed E-state index contributed by atoms with van der Waals surface area (Å²) in [6, 6.07) is 10.7. The first-order valence-corrected chi connectivity index (χ1v) is 10.0. The van der Waals surface area contributed by atoms with E-state index >= 15 is 0 Å². The van der Waals surface area contributed by atoms with Crippen LogP contribution in [0.5, 0.6) is 5.75 Å². The van der Waals surface area contributed by atoms with E-state index in [2.05, 4.69) is 0 Å². The molecule has 0 aliphatic rings. The van der Waals surface area contributed by atoms with Gasteiger partial charge in [-0.25, -0.2) is 8.42 Å². The van der Waals surface area contributed by atoms with E-state index in [0.717, 1.165) is 6.26 Å². The molecule has 0 aliphatic carbocycles. The number of ether oxygens (including phenoxy) is 1. The lowest BCUT2D eigenvalue weighted by Gasteiger charge is -2.19. The molecule has 140 valence electrons. The first-order valence-electron chi connectivity index (χ1n) is 7.76. The highest BCUT2D eigenvalue weighted by Gasteiger charge is 2.17. The number of benzene rings is 2. The van der Waals surface area contributed by atoms with Crippen LogP contribution in [0.2, 0.25) is 5.02 Å². The summed E-state index contributed by atoms with van der Waals surface area (Å²) >= 11 is 5.82. The predicted octanol–water partition coefficient (Wildman–Crippen LogP) is 3.56. The highest BCUT2D eigenvalue weighted by atomic mass is 35.5. The van der Waals surface area contributed by atoms with Gasteiger partial charge in [0.25, 0.3) is 5.69 Å². The van der Waals surface area contributed by atoms with Crippen molar-refractivity contribution in [2.75, 3.05) is 31.4 Å². The zero-order valence-corrected chi connectivity index (χ0v) is 16.0. The quantitative estimate of drug-likeness (QED) is 0.383. The molecule has 0 N–H and O–H groups in total. The normalized spacial score (nSPS) is 11.2. The fourth-order valence-corrected chi connectivity index (χ4v) is 3.16. The number of rotatable bonds is 8. The van der Waals surface area contributed by atoms with Gasteiger partial charge in [-0.2, -0.15) is 0 Å². The van der Waals surface area contributed by atoms with Crippen molar-refractivity contribution in [3.63, 3.8) is 0 Å². The number of nitro groups is 1. The van der Waals surface area contributed by atoms with Gasteiger partial charge in [0, 0.05) is 30.9 Å². The molecular weight excluding hydrogens is 380 g/mol. The molecule has 0 aliphatic heterocycles. The Morgan fingerprint density at radius 1 is 1.19 bits per heavy atom. The largest absolute Gasteiger partial charge is 0.494 e. The lowest BCUT2D eigenvalue weighted by Crippen LogP contribution is -2.21. The van der Waals surface area contributed by atoms with Crippen molar-refractivity contribution in [1.29, 1.82) is 0 Å². The maximum atomic E-state index is 11.4. The van der Waals surface area contributed by atoms with Gasteiger partial charge in [0.1, 0.15) is 11.4 Å². The summed E-state index contributed by atoms with van der Waals surface area (Å²) in [6.45, 7) is 0.938. The molecular formula is C17H19ClN2O5S. The third-order valence-electron chi connectivity index (χ3n) is 3.70. The van der Waals surface area contributed by atoms with E-state index in [1.54, 1.807) is 36.2 Å². The van der Waals surface area contributed by atoms with Crippen LogP contribution in [0.15, 0.2) is 47.4 Å². The van der Waals surface area contributed by atoms with Gasteiger partial charge in [0.2, 0.25) is 0 Å². The number of halogens is 1. The third-order valence-corrected chi connectivity index (χ3v) is 5.07. The van der Waals surface area contributed by atoms with Crippen LogP contribution in [-0.2, 0) is 9.84 Å². The molecule has 0 unspecified atom stereocenters. The summed E-state index contributed by atoms with van der Waals surface area (Å²) in [5, 5.41) is 11.5. The average molecular weight is 399 g/mol. The number of anilines is 1. The molecule has 2 aromatic carbocycles. The molecule has 0 radical (unpaired) electrons. The Morgan fingerprint density at radius 2 is 1.85 bits per heavy atom. The minimum atomic E-state index is -3.23. The van der Waals surface area contributed by atoms with Crippen LogP contribution in [0.4, 0.5) is 11.4 Å². The Labute approximate surface area is 157 Å². The Kier molecular flexibility index (Phi) is 6.44. The minimum Gasteiger partial charge on any atom is -0.494 e. The lowest BCUT2D eigenvalue weighted by atomic mass is 10.2. The zero-order chi connectivity index (χ0) is 19.3. The summed E-state index contributed by atoms with van der Waals surface area (Å²) < 4.78 is 28.4. The number of hydrogen-bond donors (Lipinski definition) is 0. The second kappa shape index (κ2) is 8.37. The van der Waals surface area contributed by atoms with Gasteiger partial charge in [-0.1, -0.05) is 11.6 Å². The molecule has 0 saturated carbocycles. The minimum absolute atomic E-state index is 0.0442. The number of nitrogens with zero attached hydrogens (tertiary/aromatic N) is 2. The molecule has 0 bridgehead atoms. The van der Waals surface area contributed by atoms with Crippen molar-refractivity contribution in [1.82, 2.24) is 0 Å². The average Bonchev–Trinajstić information content (AvgIpc) is 2.58. The van der Waals surface area contributed by atoms with E-state index in [1.807, 2.05) is 0 Å². The van der Waals surface area contributed by atoms with Gasteiger partial charge in [-0.05, 0) is 42.8 Å². The second-order valence-electron chi connectivity index (χ2n) is 5.76. The Bertz CT molecular complexity index is 885. The van der Waals surface area contributed by atoms with Crippen molar-refractivity contribution in [3.8, 4) is 5.75 Å². The van der Waals surface area contributed by atoms with Crippen LogP contribution in [-0.4, -0.2) is 39.8 Å². The van der Waals surface area contributed by atoms with Gasteiger partial charge in [-0.15, -0.1) is 0 Å². The SMILES string of the molecule is CN(CCCOc1ccc(S(C)(=O)=O)cc1)c1ccc(Cl)cc1[N+](=O)[O-]. The number of hydrogen-bond acceptors (Lipinski definition) is 6. The third kappa shape index (κ3) is 5.34. The lowest BCUT2D eigenvalue weighted by molar-refractivity contribution is -0.384. The van der Waals surface area contributed by atoms with E-state index in [-0.39, 0.29) is 10.6 Å². The monoisotopic (exact) mass is 398 g/mol. The molecule has 2 aromatic rings. The summed E-state index contributed by atoms with van der Waals surface area (Å²) in [7, 11) is -1.47. The summed E-state index contributed by atoms with van der Waals surface area (Å²) in [4.78, 5) is 12.7. The topological polar surface area (TPSA) is 89.8 Å². The Hall–Kier alpha value is -2.32. The van der Waals surface area contributed by atoms with E-state index in [0.29, 0.717) is 36.0 Å². The van der Waals surface area contributed by atoms with Crippen LogP contribution in [0.25, 0.3) is 0 Å². The predicted molar refractivity (Wildman–Crippen MR) is 101 cm³/mol. The smallest absolute Gasteiger partial charge is 0.294 e. The van der Waals surface area contributed by atoms with Crippen molar-refractivity contribution in [2.45, 2.75) is 11.3 Å². The van der Waals surface area contributed by atoms with Crippen LogP contribution in [0.1, 0.15) is 6.42 Å². The van der Waals surface area contributed by atoms with Gasteiger partial charge < -0.3 is 9.64 Å². The van der Waals surface area contributed by atoms with E-state index in [9.17, 15) is 18.5 Å². The zero-order valence-electron chi connectivity index (χ0n) is 14.4. The molecule has 7 nitrogen and oxygen atoms in total. The van der Waals surface area contributed by atoms with Crippen LogP contribution < -0.4 is 9.64 Å². The molecule has 26 heavy (non-hydrogen) atoms.